The second-order valence-corrected chi connectivity index (χ2v) is 8.74. The molecule has 2 aliphatic heterocycles. The number of carbonyl (C=O) groups excluding carboxylic acids is 2. The Morgan fingerprint density at radius 3 is 2.40 bits per heavy atom. The topological polar surface area (TPSA) is 87.7 Å². The van der Waals surface area contributed by atoms with Gasteiger partial charge in [-0.3, -0.25) is 14.5 Å². The number of hydrogen-bond acceptors (Lipinski definition) is 6. The Hall–Kier alpha value is -3.85. The molecule has 0 saturated carbocycles. The van der Waals surface area contributed by atoms with E-state index in [0.29, 0.717) is 56.0 Å². The maximum atomic E-state index is 13.5. The van der Waals surface area contributed by atoms with Crippen LogP contribution in [0.3, 0.4) is 0 Å². The predicted octanol–water partition coefficient (Wildman–Crippen LogP) is 3.18. The van der Waals surface area contributed by atoms with Crippen molar-refractivity contribution < 1.29 is 18.7 Å². The molecule has 0 atom stereocenters. The number of nitrogens with one attached hydrogen (secondary N) is 1. The van der Waals surface area contributed by atoms with Gasteiger partial charge in [-0.15, -0.1) is 0 Å². The first-order valence-corrected chi connectivity index (χ1v) is 11.7. The molecule has 3 aromatic rings. The lowest BCUT2D eigenvalue weighted by molar-refractivity contribution is -0.123. The number of amides is 2. The molecule has 2 fully saturated rings. The Kier molecular flexibility index (Phi) is 6.67. The van der Waals surface area contributed by atoms with Crippen LogP contribution in [0, 0.1) is 11.7 Å². The standard InChI is InChI=1S/C26H26FN5O3/c27-20-3-1-2-18(14-20)25(33)31-12-9-24(10-13-31)35-23-6-4-21(5-7-23)32(22-8-11-29-30-17-22)26(34)19-15-28-16-19/h1-8,11,14,17,19,24,28H,9-10,12-13,15-16H2. The van der Waals surface area contributed by atoms with Crippen molar-refractivity contribution in [3.63, 3.8) is 0 Å². The summed E-state index contributed by atoms with van der Waals surface area (Å²) in [6.07, 6.45) is 4.49. The lowest BCUT2D eigenvalue weighted by Crippen LogP contribution is -2.51. The third-order valence-electron chi connectivity index (χ3n) is 6.38. The van der Waals surface area contributed by atoms with E-state index < -0.39 is 5.82 Å². The van der Waals surface area contributed by atoms with E-state index in [0.717, 1.165) is 5.69 Å². The molecule has 180 valence electrons. The zero-order valence-corrected chi connectivity index (χ0v) is 19.1. The van der Waals surface area contributed by atoms with Crippen molar-refractivity contribution in [2.24, 2.45) is 5.92 Å². The van der Waals surface area contributed by atoms with Gasteiger partial charge in [0.05, 0.1) is 24.0 Å². The van der Waals surface area contributed by atoms with Crippen LogP contribution in [-0.2, 0) is 4.79 Å². The summed E-state index contributed by atoms with van der Waals surface area (Å²) in [7, 11) is 0. The molecule has 3 heterocycles. The zero-order chi connectivity index (χ0) is 24.2. The molecule has 0 spiro atoms. The molecule has 2 aliphatic rings. The highest BCUT2D eigenvalue weighted by Crippen LogP contribution is 2.30. The fourth-order valence-corrected chi connectivity index (χ4v) is 4.31. The summed E-state index contributed by atoms with van der Waals surface area (Å²) in [5.41, 5.74) is 1.76. The van der Waals surface area contributed by atoms with Gasteiger partial charge in [0.2, 0.25) is 5.91 Å². The van der Waals surface area contributed by atoms with E-state index in [1.807, 2.05) is 24.3 Å². The second-order valence-electron chi connectivity index (χ2n) is 8.74. The van der Waals surface area contributed by atoms with Gasteiger partial charge in [0.15, 0.2) is 0 Å². The number of likely N-dealkylation sites (tertiary alicyclic amines) is 1. The van der Waals surface area contributed by atoms with Crippen LogP contribution in [0.1, 0.15) is 23.2 Å². The fourth-order valence-electron chi connectivity index (χ4n) is 4.31. The first-order chi connectivity index (χ1) is 17.1. The third kappa shape index (κ3) is 5.14. The molecule has 2 amide bonds. The Morgan fingerprint density at radius 2 is 1.77 bits per heavy atom. The molecular weight excluding hydrogens is 449 g/mol. The summed E-state index contributed by atoms with van der Waals surface area (Å²) in [5.74, 6) is 0.0704. The Balaban J connectivity index is 1.21. The molecule has 1 N–H and O–H groups in total. The lowest BCUT2D eigenvalue weighted by atomic mass is 10.0. The minimum atomic E-state index is -0.415. The molecule has 2 saturated heterocycles. The number of aromatic nitrogens is 2. The molecule has 8 nitrogen and oxygen atoms in total. The average Bonchev–Trinajstić information content (AvgIpc) is 2.85. The van der Waals surface area contributed by atoms with Crippen LogP contribution in [0.4, 0.5) is 15.8 Å². The second kappa shape index (κ2) is 10.2. The largest absolute Gasteiger partial charge is 0.490 e. The van der Waals surface area contributed by atoms with E-state index >= 15 is 0 Å². The van der Waals surface area contributed by atoms with Crippen LogP contribution >= 0.6 is 0 Å². The van der Waals surface area contributed by atoms with Crippen molar-refractivity contribution in [2.75, 3.05) is 31.1 Å². The molecule has 0 unspecified atom stereocenters. The highest BCUT2D eigenvalue weighted by molar-refractivity contribution is 6.02. The first-order valence-electron chi connectivity index (χ1n) is 11.7. The van der Waals surface area contributed by atoms with E-state index in [9.17, 15) is 14.0 Å². The van der Waals surface area contributed by atoms with Crippen LogP contribution in [0.5, 0.6) is 5.75 Å². The van der Waals surface area contributed by atoms with E-state index in [2.05, 4.69) is 15.5 Å². The van der Waals surface area contributed by atoms with Gasteiger partial charge in [0, 0.05) is 50.3 Å². The molecule has 5 rings (SSSR count). The van der Waals surface area contributed by atoms with Crippen LogP contribution in [-0.4, -0.2) is 59.2 Å². The average molecular weight is 476 g/mol. The van der Waals surface area contributed by atoms with Crippen molar-refractivity contribution in [2.45, 2.75) is 18.9 Å². The quantitative estimate of drug-likeness (QED) is 0.589. The number of benzene rings is 2. The maximum absolute atomic E-state index is 13.5. The number of hydrogen-bond donors (Lipinski definition) is 1. The van der Waals surface area contributed by atoms with E-state index in [1.165, 1.54) is 12.1 Å². The minimum Gasteiger partial charge on any atom is -0.490 e. The molecule has 35 heavy (non-hydrogen) atoms. The number of ether oxygens (including phenoxy) is 1. The first kappa shape index (κ1) is 22.9. The van der Waals surface area contributed by atoms with Gasteiger partial charge >= 0.3 is 0 Å². The summed E-state index contributed by atoms with van der Waals surface area (Å²) in [4.78, 5) is 29.1. The number of halogens is 1. The smallest absolute Gasteiger partial charge is 0.253 e. The number of piperidine rings is 1. The Labute approximate surface area is 202 Å². The number of nitrogens with zero attached hydrogens (tertiary/aromatic N) is 4. The Bertz CT molecular complexity index is 1180. The molecule has 0 bridgehead atoms. The van der Waals surface area contributed by atoms with Gasteiger partial charge in [-0.1, -0.05) is 6.07 Å². The van der Waals surface area contributed by atoms with E-state index in [1.54, 1.807) is 40.4 Å². The monoisotopic (exact) mass is 475 g/mol. The van der Waals surface area contributed by atoms with Crippen LogP contribution in [0.2, 0.25) is 0 Å². The molecular formula is C26H26FN5O3. The van der Waals surface area contributed by atoms with E-state index in [4.69, 9.17) is 4.74 Å². The number of carbonyl (C=O) groups is 2. The van der Waals surface area contributed by atoms with Crippen molar-refractivity contribution in [3.05, 3.63) is 78.4 Å². The van der Waals surface area contributed by atoms with Crippen LogP contribution < -0.4 is 15.0 Å². The van der Waals surface area contributed by atoms with Crippen molar-refractivity contribution in [1.82, 2.24) is 20.4 Å². The molecule has 0 aliphatic carbocycles. The Morgan fingerprint density at radius 1 is 1.00 bits per heavy atom. The van der Waals surface area contributed by atoms with Crippen LogP contribution in [0.25, 0.3) is 0 Å². The third-order valence-corrected chi connectivity index (χ3v) is 6.38. The van der Waals surface area contributed by atoms with E-state index in [-0.39, 0.29) is 23.8 Å². The SMILES string of the molecule is O=C(c1cccc(F)c1)N1CCC(Oc2ccc(N(C(=O)C3CNC3)c3ccnnc3)cc2)CC1. The highest BCUT2D eigenvalue weighted by Gasteiger charge is 2.31. The van der Waals surface area contributed by atoms with Gasteiger partial charge in [0.1, 0.15) is 17.7 Å². The summed E-state index contributed by atoms with van der Waals surface area (Å²) in [6, 6.07) is 15.0. The zero-order valence-electron chi connectivity index (χ0n) is 19.1. The maximum Gasteiger partial charge on any atom is 0.253 e. The van der Waals surface area contributed by atoms with Gasteiger partial charge in [-0.05, 0) is 48.5 Å². The summed E-state index contributed by atoms with van der Waals surface area (Å²) < 4.78 is 19.6. The van der Waals surface area contributed by atoms with Gasteiger partial charge < -0.3 is 15.0 Å². The molecule has 2 aromatic carbocycles. The number of rotatable bonds is 6. The van der Waals surface area contributed by atoms with Crippen LogP contribution in [0.15, 0.2) is 67.0 Å². The van der Waals surface area contributed by atoms with Gasteiger partial charge in [-0.2, -0.15) is 10.2 Å². The lowest BCUT2D eigenvalue weighted by Gasteiger charge is -2.33. The van der Waals surface area contributed by atoms with Crippen molar-refractivity contribution >= 4 is 23.2 Å². The van der Waals surface area contributed by atoms with Gasteiger partial charge in [0.25, 0.3) is 5.91 Å². The van der Waals surface area contributed by atoms with Gasteiger partial charge in [-0.25, -0.2) is 4.39 Å². The molecule has 9 heteroatoms. The minimum absolute atomic E-state index is 0.0146. The fraction of sp³-hybridized carbons (Fsp3) is 0.308. The van der Waals surface area contributed by atoms with Crippen molar-refractivity contribution in [3.8, 4) is 5.75 Å². The molecule has 1 aromatic heterocycles. The molecule has 0 radical (unpaired) electrons. The number of anilines is 2. The summed E-state index contributed by atoms with van der Waals surface area (Å²) in [5, 5.41) is 10.9. The van der Waals surface area contributed by atoms with Crippen molar-refractivity contribution in [1.29, 1.82) is 0 Å². The predicted molar refractivity (Wildman–Crippen MR) is 128 cm³/mol. The highest BCUT2D eigenvalue weighted by atomic mass is 19.1. The summed E-state index contributed by atoms with van der Waals surface area (Å²) >= 11 is 0. The summed E-state index contributed by atoms with van der Waals surface area (Å²) in [6.45, 7) is 2.42. The normalized spacial score (nSPS) is 16.4.